The Morgan fingerprint density at radius 1 is 0.946 bits per heavy atom. The Morgan fingerprint density at radius 2 is 1.59 bits per heavy atom. The molecule has 1 aliphatic rings. The van der Waals surface area contributed by atoms with E-state index in [0.717, 1.165) is 28.3 Å². The maximum Gasteiger partial charge on any atom is 0.407 e. The van der Waals surface area contributed by atoms with Crippen LogP contribution in [0.15, 0.2) is 82.0 Å². The third-order valence-electron chi connectivity index (χ3n) is 6.47. The van der Waals surface area contributed by atoms with Gasteiger partial charge in [0.25, 0.3) is 0 Å². The highest BCUT2D eigenvalue weighted by atomic mass is 16.5. The van der Waals surface area contributed by atoms with Crippen molar-refractivity contribution in [2.24, 2.45) is 0 Å². The zero-order valence-electron chi connectivity index (χ0n) is 19.5. The zero-order chi connectivity index (χ0) is 26.1. The number of nitrogens with one attached hydrogen (secondary N) is 1. The summed E-state index contributed by atoms with van der Waals surface area (Å²) < 4.78 is 10.6. The Balaban J connectivity index is 1.21. The molecular weight excluding hydrogens is 478 g/mol. The van der Waals surface area contributed by atoms with Crippen molar-refractivity contribution >= 4 is 23.0 Å². The molecule has 188 valence electrons. The van der Waals surface area contributed by atoms with Gasteiger partial charge in [-0.05, 0) is 39.9 Å². The van der Waals surface area contributed by atoms with Crippen LogP contribution in [0.1, 0.15) is 39.3 Å². The molecule has 2 atom stereocenters. The Labute approximate surface area is 210 Å². The lowest BCUT2D eigenvalue weighted by Crippen LogP contribution is -2.36. The SMILES string of the molecule is O=C(NCC(O)C(O)c1ccc2oc(C(=O)O)cc(=O)c2c1)OCC1c2ccccc2-c2ccccc21. The van der Waals surface area contributed by atoms with Crippen LogP contribution in [0.2, 0.25) is 0 Å². The van der Waals surface area contributed by atoms with Gasteiger partial charge < -0.3 is 29.8 Å². The number of alkyl carbamates (subject to hydrolysis) is 1. The number of aliphatic hydroxyl groups excluding tert-OH is 2. The second-order valence-electron chi connectivity index (χ2n) is 8.75. The highest BCUT2D eigenvalue weighted by Gasteiger charge is 2.29. The van der Waals surface area contributed by atoms with Crippen molar-refractivity contribution in [2.45, 2.75) is 18.1 Å². The Morgan fingerprint density at radius 3 is 2.24 bits per heavy atom. The molecule has 3 aromatic carbocycles. The van der Waals surface area contributed by atoms with Crippen molar-refractivity contribution in [1.82, 2.24) is 5.32 Å². The number of rotatable bonds is 7. The number of carbonyl (C=O) groups is 2. The van der Waals surface area contributed by atoms with Gasteiger partial charge in [-0.25, -0.2) is 9.59 Å². The largest absolute Gasteiger partial charge is 0.475 e. The summed E-state index contributed by atoms with van der Waals surface area (Å²) in [5.74, 6) is -1.99. The molecule has 1 aromatic heterocycles. The van der Waals surface area contributed by atoms with E-state index < -0.39 is 35.5 Å². The van der Waals surface area contributed by atoms with E-state index in [4.69, 9.17) is 14.3 Å². The summed E-state index contributed by atoms with van der Waals surface area (Å²) in [6, 6.07) is 20.8. The van der Waals surface area contributed by atoms with E-state index >= 15 is 0 Å². The van der Waals surface area contributed by atoms with Crippen molar-refractivity contribution in [3.63, 3.8) is 0 Å². The summed E-state index contributed by atoms with van der Waals surface area (Å²) in [5.41, 5.74) is 3.99. The summed E-state index contributed by atoms with van der Waals surface area (Å²) in [6.45, 7) is -0.195. The summed E-state index contributed by atoms with van der Waals surface area (Å²) in [7, 11) is 0. The van der Waals surface area contributed by atoms with E-state index in [-0.39, 0.29) is 35.6 Å². The molecule has 0 radical (unpaired) electrons. The van der Waals surface area contributed by atoms with Crippen molar-refractivity contribution in [1.29, 1.82) is 0 Å². The molecule has 5 rings (SSSR count). The molecule has 0 aliphatic heterocycles. The summed E-state index contributed by atoms with van der Waals surface area (Å²) in [6.07, 6.45) is -3.58. The van der Waals surface area contributed by atoms with Crippen molar-refractivity contribution < 1.29 is 34.1 Å². The van der Waals surface area contributed by atoms with E-state index in [9.17, 15) is 24.6 Å². The second kappa shape index (κ2) is 9.88. The van der Waals surface area contributed by atoms with Crippen LogP contribution in [-0.4, -0.2) is 46.6 Å². The topological polar surface area (TPSA) is 146 Å². The third kappa shape index (κ3) is 4.69. The second-order valence-corrected chi connectivity index (χ2v) is 8.75. The van der Waals surface area contributed by atoms with Gasteiger partial charge in [-0.15, -0.1) is 0 Å². The van der Waals surface area contributed by atoms with Gasteiger partial charge >= 0.3 is 12.1 Å². The molecule has 0 saturated carbocycles. The van der Waals surface area contributed by atoms with Crippen molar-refractivity contribution in [3.05, 3.63) is 105 Å². The van der Waals surface area contributed by atoms with Gasteiger partial charge in [0.2, 0.25) is 5.76 Å². The maximum absolute atomic E-state index is 12.4. The summed E-state index contributed by atoms with van der Waals surface area (Å²) >= 11 is 0. The molecule has 9 heteroatoms. The van der Waals surface area contributed by atoms with Crippen LogP contribution in [0.4, 0.5) is 4.79 Å². The number of aliphatic hydroxyl groups is 2. The van der Waals surface area contributed by atoms with Crippen molar-refractivity contribution in [3.8, 4) is 11.1 Å². The van der Waals surface area contributed by atoms with Crippen LogP contribution in [0.3, 0.4) is 0 Å². The first-order valence-electron chi connectivity index (χ1n) is 11.6. The van der Waals surface area contributed by atoms with E-state index in [1.807, 2.05) is 48.5 Å². The molecule has 4 aromatic rings. The fourth-order valence-corrected chi connectivity index (χ4v) is 4.63. The van der Waals surface area contributed by atoms with E-state index in [2.05, 4.69) is 5.32 Å². The summed E-state index contributed by atoms with van der Waals surface area (Å²) in [5, 5.41) is 32.5. The lowest BCUT2D eigenvalue weighted by molar-refractivity contribution is 0.0186. The van der Waals surface area contributed by atoms with E-state index in [1.165, 1.54) is 18.2 Å². The fraction of sp³-hybridized carbons (Fsp3) is 0.179. The van der Waals surface area contributed by atoms with Crippen molar-refractivity contribution in [2.75, 3.05) is 13.2 Å². The Bertz CT molecular complexity index is 1510. The van der Waals surface area contributed by atoms with Gasteiger partial charge in [-0.3, -0.25) is 4.79 Å². The molecule has 9 nitrogen and oxygen atoms in total. The van der Waals surface area contributed by atoms with Crippen LogP contribution in [0.25, 0.3) is 22.1 Å². The highest BCUT2D eigenvalue weighted by Crippen LogP contribution is 2.44. The fourth-order valence-electron chi connectivity index (χ4n) is 4.63. The van der Waals surface area contributed by atoms with Gasteiger partial charge in [0, 0.05) is 18.5 Å². The van der Waals surface area contributed by atoms with Gasteiger partial charge in [-0.1, -0.05) is 54.6 Å². The minimum absolute atomic E-state index is 0.0344. The van der Waals surface area contributed by atoms with Crippen LogP contribution in [-0.2, 0) is 4.74 Å². The number of carboxylic acid groups (broad SMARTS) is 1. The maximum atomic E-state index is 12.4. The van der Waals surface area contributed by atoms with Crippen LogP contribution in [0.5, 0.6) is 0 Å². The predicted octanol–water partition coefficient (Wildman–Crippen LogP) is 3.42. The molecule has 0 spiro atoms. The van der Waals surface area contributed by atoms with E-state index in [1.54, 1.807) is 0 Å². The van der Waals surface area contributed by atoms with Gasteiger partial charge in [0.1, 0.15) is 24.4 Å². The standard InChI is InChI=1S/C28H23NO8/c30-22-12-25(27(33)34)37-24-10-9-15(11-20(22)24)26(32)23(31)13-29-28(35)36-14-21-18-7-3-1-5-16(18)17-6-2-4-8-19(17)21/h1-12,21,23,26,31-32H,13-14H2,(H,29,35)(H,33,34). The van der Waals surface area contributed by atoms with Gasteiger partial charge in [0.05, 0.1) is 5.39 Å². The predicted molar refractivity (Wildman–Crippen MR) is 133 cm³/mol. The number of hydrogen-bond acceptors (Lipinski definition) is 7. The minimum Gasteiger partial charge on any atom is -0.475 e. The molecule has 1 aliphatic carbocycles. The first kappa shape index (κ1) is 24.2. The molecular formula is C28H23NO8. The van der Waals surface area contributed by atoms with Gasteiger partial charge in [0.15, 0.2) is 5.43 Å². The lowest BCUT2D eigenvalue weighted by Gasteiger charge is -2.19. The number of carbonyl (C=O) groups excluding carboxylic acids is 1. The Hall–Kier alpha value is -4.47. The van der Waals surface area contributed by atoms with Crippen LogP contribution >= 0.6 is 0 Å². The lowest BCUT2D eigenvalue weighted by atomic mass is 9.98. The molecule has 4 N–H and O–H groups in total. The minimum atomic E-state index is -1.43. The number of hydrogen-bond donors (Lipinski definition) is 4. The number of benzene rings is 3. The third-order valence-corrected chi connectivity index (χ3v) is 6.47. The smallest absolute Gasteiger partial charge is 0.407 e. The summed E-state index contributed by atoms with van der Waals surface area (Å²) in [4.78, 5) is 35.7. The monoisotopic (exact) mass is 501 g/mol. The number of amides is 1. The highest BCUT2D eigenvalue weighted by molar-refractivity contribution is 5.87. The van der Waals surface area contributed by atoms with Crippen LogP contribution in [0, 0.1) is 0 Å². The number of fused-ring (bicyclic) bond motifs is 4. The average Bonchev–Trinajstić information content (AvgIpc) is 3.23. The van der Waals surface area contributed by atoms with Gasteiger partial charge in [-0.2, -0.15) is 0 Å². The zero-order valence-corrected chi connectivity index (χ0v) is 19.5. The average molecular weight is 501 g/mol. The quantitative estimate of drug-likeness (QED) is 0.301. The van der Waals surface area contributed by atoms with E-state index in [0.29, 0.717) is 0 Å². The molecule has 1 amide bonds. The first-order valence-corrected chi connectivity index (χ1v) is 11.6. The Kier molecular flexibility index (Phi) is 6.47. The number of carboxylic acids is 1. The van der Waals surface area contributed by atoms with Crippen LogP contribution < -0.4 is 10.7 Å². The molecule has 37 heavy (non-hydrogen) atoms. The molecule has 2 unspecified atom stereocenters. The number of ether oxygens (including phenoxy) is 1. The molecule has 0 bridgehead atoms. The number of aromatic carboxylic acids is 1. The molecule has 1 heterocycles. The normalized spacial score (nSPS) is 14.0. The molecule has 0 fully saturated rings. The molecule has 0 saturated heterocycles. The first-order chi connectivity index (χ1) is 17.8.